The number of aldehydes is 1. The highest BCUT2D eigenvalue weighted by atomic mass is 79.9. The fourth-order valence-corrected chi connectivity index (χ4v) is 2.67. The SMILES string of the molecule is O=C[C@H]1c2ccccc2COc2cc(Br)ccc21. The second-order valence-corrected chi connectivity index (χ2v) is 5.20. The third kappa shape index (κ3) is 1.85. The highest BCUT2D eigenvalue weighted by Crippen LogP contribution is 2.37. The van der Waals surface area contributed by atoms with E-state index in [9.17, 15) is 4.79 Å². The summed E-state index contributed by atoms with van der Waals surface area (Å²) in [5.74, 6) is 0.532. The van der Waals surface area contributed by atoms with Crippen LogP contribution < -0.4 is 4.74 Å². The van der Waals surface area contributed by atoms with Crippen molar-refractivity contribution in [3.63, 3.8) is 0 Å². The first kappa shape index (κ1) is 11.5. The highest BCUT2D eigenvalue weighted by molar-refractivity contribution is 9.10. The Balaban J connectivity index is 2.21. The summed E-state index contributed by atoms with van der Waals surface area (Å²) >= 11 is 3.42. The van der Waals surface area contributed by atoms with Crippen molar-refractivity contribution in [1.29, 1.82) is 0 Å². The minimum absolute atomic E-state index is 0.244. The molecule has 2 aromatic rings. The monoisotopic (exact) mass is 302 g/mol. The van der Waals surface area contributed by atoms with Gasteiger partial charge in [-0.15, -0.1) is 0 Å². The van der Waals surface area contributed by atoms with Crippen molar-refractivity contribution in [3.05, 3.63) is 63.6 Å². The van der Waals surface area contributed by atoms with Gasteiger partial charge in [-0.1, -0.05) is 46.3 Å². The van der Waals surface area contributed by atoms with Gasteiger partial charge in [0, 0.05) is 10.0 Å². The molecule has 18 heavy (non-hydrogen) atoms. The first-order valence-corrected chi connectivity index (χ1v) is 6.54. The lowest BCUT2D eigenvalue weighted by Crippen LogP contribution is -2.03. The number of halogens is 1. The van der Waals surface area contributed by atoms with Gasteiger partial charge in [0.2, 0.25) is 0 Å². The molecule has 0 fully saturated rings. The first-order chi connectivity index (χ1) is 8.79. The van der Waals surface area contributed by atoms with E-state index in [1.807, 2.05) is 42.5 Å². The summed E-state index contributed by atoms with van der Waals surface area (Å²) in [6, 6.07) is 13.7. The average molecular weight is 303 g/mol. The van der Waals surface area contributed by atoms with E-state index in [1.165, 1.54) is 0 Å². The van der Waals surface area contributed by atoms with E-state index >= 15 is 0 Å². The van der Waals surface area contributed by atoms with Gasteiger partial charge in [-0.2, -0.15) is 0 Å². The van der Waals surface area contributed by atoms with Crippen LogP contribution in [0.1, 0.15) is 22.6 Å². The number of carbonyl (C=O) groups excluding carboxylic acids is 1. The summed E-state index contributed by atoms with van der Waals surface area (Å²) in [5.41, 5.74) is 3.04. The zero-order valence-electron chi connectivity index (χ0n) is 9.60. The van der Waals surface area contributed by atoms with Gasteiger partial charge in [0.05, 0.1) is 5.92 Å². The third-order valence-corrected chi connectivity index (χ3v) is 3.71. The molecule has 0 saturated heterocycles. The van der Waals surface area contributed by atoms with Crippen molar-refractivity contribution >= 4 is 22.2 Å². The number of carbonyl (C=O) groups is 1. The zero-order chi connectivity index (χ0) is 12.5. The Morgan fingerprint density at radius 3 is 2.83 bits per heavy atom. The lowest BCUT2D eigenvalue weighted by Gasteiger charge is -2.12. The molecule has 1 aliphatic heterocycles. The molecule has 0 unspecified atom stereocenters. The van der Waals surface area contributed by atoms with Crippen LogP contribution in [0.15, 0.2) is 46.9 Å². The zero-order valence-corrected chi connectivity index (χ0v) is 11.2. The van der Waals surface area contributed by atoms with Crippen molar-refractivity contribution in [1.82, 2.24) is 0 Å². The largest absolute Gasteiger partial charge is 0.489 e. The number of ether oxygens (including phenoxy) is 1. The molecule has 3 heteroatoms. The number of hydrogen-bond donors (Lipinski definition) is 0. The number of hydrogen-bond acceptors (Lipinski definition) is 2. The molecule has 1 atom stereocenters. The molecule has 0 aromatic heterocycles. The fourth-order valence-electron chi connectivity index (χ4n) is 2.33. The average Bonchev–Trinajstić information content (AvgIpc) is 2.55. The van der Waals surface area contributed by atoms with Gasteiger partial charge in [-0.25, -0.2) is 0 Å². The minimum Gasteiger partial charge on any atom is -0.489 e. The van der Waals surface area contributed by atoms with Crippen molar-refractivity contribution in [2.24, 2.45) is 0 Å². The molecule has 0 bridgehead atoms. The van der Waals surface area contributed by atoms with E-state index in [0.29, 0.717) is 6.61 Å². The number of rotatable bonds is 1. The molecule has 90 valence electrons. The smallest absolute Gasteiger partial charge is 0.132 e. The van der Waals surface area contributed by atoms with Crippen LogP contribution in [0.5, 0.6) is 5.75 Å². The molecule has 2 nitrogen and oxygen atoms in total. The predicted molar refractivity (Wildman–Crippen MR) is 72.8 cm³/mol. The highest BCUT2D eigenvalue weighted by Gasteiger charge is 2.23. The molecule has 0 amide bonds. The molecule has 1 heterocycles. The minimum atomic E-state index is -0.244. The van der Waals surface area contributed by atoms with Crippen LogP contribution in [-0.4, -0.2) is 6.29 Å². The van der Waals surface area contributed by atoms with Crippen LogP contribution in [0.4, 0.5) is 0 Å². The van der Waals surface area contributed by atoms with E-state index in [4.69, 9.17) is 4.74 Å². The van der Waals surface area contributed by atoms with Crippen LogP contribution in [0.25, 0.3) is 0 Å². The number of fused-ring (bicyclic) bond motifs is 2. The Bertz CT molecular complexity index is 607. The molecule has 0 spiro atoms. The second-order valence-electron chi connectivity index (χ2n) is 4.28. The summed E-state index contributed by atoms with van der Waals surface area (Å²) in [5, 5.41) is 0. The van der Waals surface area contributed by atoms with Crippen molar-refractivity contribution in [3.8, 4) is 5.75 Å². The summed E-state index contributed by atoms with van der Waals surface area (Å²) in [7, 11) is 0. The topological polar surface area (TPSA) is 26.3 Å². The normalized spacial score (nSPS) is 17.1. The van der Waals surface area contributed by atoms with E-state index in [0.717, 1.165) is 33.2 Å². The van der Waals surface area contributed by atoms with Gasteiger partial charge < -0.3 is 9.53 Å². The van der Waals surface area contributed by atoms with Crippen LogP contribution in [0.3, 0.4) is 0 Å². The molecule has 0 N–H and O–H groups in total. The van der Waals surface area contributed by atoms with Gasteiger partial charge in [-0.05, 0) is 23.3 Å². The van der Waals surface area contributed by atoms with Crippen LogP contribution in [-0.2, 0) is 11.4 Å². The third-order valence-electron chi connectivity index (χ3n) is 3.22. The van der Waals surface area contributed by atoms with Gasteiger partial charge in [0.25, 0.3) is 0 Å². The quantitative estimate of drug-likeness (QED) is 0.751. The van der Waals surface area contributed by atoms with Crippen molar-refractivity contribution in [2.75, 3.05) is 0 Å². The van der Waals surface area contributed by atoms with Gasteiger partial charge >= 0.3 is 0 Å². The van der Waals surface area contributed by atoms with Crippen LogP contribution >= 0.6 is 15.9 Å². The Morgan fingerprint density at radius 1 is 1.17 bits per heavy atom. The molecule has 3 rings (SSSR count). The van der Waals surface area contributed by atoms with Gasteiger partial charge in [0.1, 0.15) is 18.6 Å². The van der Waals surface area contributed by atoms with Gasteiger partial charge in [0.15, 0.2) is 0 Å². The van der Waals surface area contributed by atoms with E-state index < -0.39 is 0 Å². The van der Waals surface area contributed by atoms with E-state index in [2.05, 4.69) is 15.9 Å². The Hall–Kier alpha value is -1.61. The Labute approximate surface area is 114 Å². The fraction of sp³-hybridized carbons (Fsp3) is 0.133. The maximum atomic E-state index is 11.5. The first-order valence-electron chi connectivity index (χ1n) is 5.75. The molecule has 0 radical (unpaired) electrons. The van der Waals surface area contributed by atoms with E-state index in [1.54, 1.807) is 0 Å². The van der Waals surface area contributed by atoms with Crippen LogP contribution in [0.2, 0.25) is 0 Å². The molecule has 2 aromatic carbocycles. The van der Waals surface area contributed by atoms with Gasteiger partial charge in [-0.3, -0.25) is 0 Å². The summed E-state index contributed by atoms with van der Waals surface area (Å²) in [6.07, 6.45) is 0.986. The lowest BCUT2D eigenvalue weighted by molar-refractivity contribution is -0.108. The van der Waals surface area contributed by atoms with Crippen molar-refractivity contribution in [2.45, 2.75) is 12.5 Å². The molecule has 0 saturated carbocycles. The maximum Gasteiger partial charge on any atom is 0.132 e. The summed E-state index contributed by atoms with van der Waals surface area (Å²) < 4.78 is 6.75. The van der Waals surface area contributed by atoms with Crippen LogP contribution in [0, 0.1) is 0 Å². The standard InChI is InChI=1S/C15H11BrO2/c16-11-5-6-13-14(8-17)12-4-2-1-3-10(12)9-18-15(13)7-11/h1-8,14H,9H2/t14-/m0/s1. The molecule has 0 aliphatic carbocycles. The number of benzene rings is 2. The predicted octanol–water partition coefficient (Wildman–Crippen LogP) is 3.67. The summed E-state index contributed by atoms with van der Waals surface area (Å²) in [4.78, 5) is 11.5. The molecular formula is C15H11BrO2. The Kier molecular flexibility index (Phi) is 2.92. The second kappa shape index (κ2) is 4.58. The lowest BCUT2D eigenvalue weighted by atomic mass is 9.90. The summed E-state index contributed by atoms with van der Waals surface area (Å²) in [6.45, 7) is 0.504. The van der Waals surface area contributed by atoms with E-state index in [-0.39, 0.29) is 5.92 Å². The molecular weight excluding hydrogens is 292 g/mol. The Morgan fingerprint density at radius 2 is 2.00 bits per heavy atom. The maximum absolute atomic E-state index is 11.5. The van der Waals surface area contributed by atoms with Crippen molar-refractivity contribution < 1.29 is 9.53 Å². The molecule has 1 aliphatic rings.